The van der Waals surface area contributed by atoms with E-state index >= 15 is 0 Å². The summed E-state index contributed by atoms with van der Waals surface area (Å²) in [7, 11) is 0. The van der Waals surface area contributed by atoms with Crippen LogP contribution in [0.1, 0.15) is 15.9 Å². The minimum absolute atomic E-state index is 0.125. The van der Waals surface area contributed by atoms with Crippen molar-refractivity contribution in [2.24, 2.45) is 4.99 Å². The van der Waals surface area contributed by atoms with E-state index in [2.05, 4.69) is 9.98 Å². The van der Waals surface area contributed by atoms with Crippen LogP contribution in [0.4, 0.5) is 10.1 Å². The molecule has 0 aliphatic carbocycles. The van der Waals surface area contributed by atoms with Crippen LogP contribution in [-0.4, -0.2) is 21.6 Å². The Balaban J connectivity index is 1.76. The molecule has 5 rings (SSSR count). The Kier molecular flexibility index (Phi) is 2.65. The number of aromatic hydroxyl groups is 1. The average Bonchev–Trinajstić information content (AvgIpc) is 3.09. The van der Waals surface area contributed by atoms with Gasteiger partial charge in [-0.1, -0.05) is 24.3 Å². The van der Waals surface area contributed by atoms with Crippen molar-refractivity contribution in [3.8, 4) is 5.88 Å². The number of aromatic nitrogens is 1. The molecule has 4 nitrogen and oxygen atoms in total. The summed E-state index contributed by atoms with van der Waals surface area (Å²) in [6.07, 6.45) is 0. The number of H-pyrrole nitrogens is 1. The number of nitrogens with one attached hydrogen (secondary N) is 1. The molecule has 0 unspecified atom stereocenters. The molecule has 1 aliphatic heterocycles. The summed E-state index contributed by atoms with van der Waals surface area (Å²) in [6.45, 7) is 0. The highest BCUT2D eigenvalue weighted by Gasteiger charge is 2.30. The van der Waals surface area contributed by atoms with Gasteiger partial charge in [-0.3, -0.25) is 4.79 Å². The predicted octanol–water partition coefficient (Wildman–Crippen LogP) is 4.48. The number of rotatable bonds is 1. The average molecular weight is 330 g/mol. The third kappa shape index (κ3) is 1.92. The van der Waals surface area contributed by atoms with Gasteiger partial charge in [0.1, 0.15) is 11.5 Å². The van der Waals surface area contributed by atoms with Crippen molar-refractivity contribution < 1.29 is 14.3 Å². The van der Waals surface area contributed by atoms with Crippen LogP contribution >= 0.6 is 0 Å². The quantitative estimate of drug-likeness (QED) is 0.540. The van der Waals surface area contributed by atoms with E-state index in [1.807, 2.05) is 30.3 Å². The molecule has 0 saturated heterocycles. The maximum Gasteiger partial charge on any atom is 0.214 e. The van der Waals surface area contributed by atoms with Crippen LogP contribution < -0.4 is 0 Å². The zero-order valence-electron chi connectivity index (χ0n) is 12.9. The topological polar surface area (TPSA) is 65.4 Å². The fourth-order valence-electron chi connectivity index (χ4n) is 3.36. The molecule has 120 valence electrons. The highest BCUT2D eigenvalue weighted by atomic mass is 19.1. The first-order valence-electron chi connectivity index (χ1n) is 7.78. The van der Waals surface area contributed by atoms with Crippen molar-refractivity contribution in [3.05, 3.63) is 71.5 Å². The van der Waals surface area contributed by atoms with Crippen molar-refractivity contribution in [2.45, 2.75) is 0 Å². The largest absolute Gasteiger partial charge is 0.494 e. The van der Waals surface area contributed by atoms with E-state index in [0.717, 1.165) is 10.8 Å². The number of halogens is 1. The third-order valence-corrected chi connectivity index (χ3v) is 4.53. The summed E-state index contributed by atoms with van der Waals surface area (Å²) in [5.74, 6) is -0.909. The molecular weight excluding hydrogens is 319 g/mol. The lowest BCUT2D eigenvalue weighted by Gasteiger charge is -2.01. The Bertz CT molecular complexity index is 1240. The van der Waals surface area contributed by atoms with Gasteiger partial charge in [0.25, 0.3) is 0 Å². The molecule has 3 aromatic carbocycles. The monoisotopic (exact) mass is 330 g/mol. The van der Waals surface area contributed by atoms with E-state index in [1.165, 1.54) is 18.2 Å². The van der Waals surface area contributed by atoms with Crippen LogP contribution in [0, 0.1) is 5.82 Å². The molecule has 2 N–H and O–H groups in total. The van der Waals surface area contributed by atoms with Gasteiger partial charge in [-0.2, -0.15) is 0 Å². The van der Waals surface area contributed by atoms with Crippen LogP contribution in [0.5, 0.6) is 5.88 Å². The lowest BCUT2D eigenvalue weighted by molar-refractivity contribution is 0.107. The van der Waals surface area contributed by atoms with E-state index in [9.17, 15) is 14.3 Å². The first-order chi connectivity index (χ1) is 12.1. The Morgan fingerprint density at radius 1 is 1.00 bits per heavy atom. The van der Waals surface area contributed by atoms with Gasteiger partial charge in [0.2, 0.25) is 5.78 Å². The number of ketones is 1. The van der Waals surface area contributed by atoms with Crippen molar-refractivity contribution in [2.75, 3.05) is 0 Å². The molecule has 1 aliphatic rings. The van der Waals surface area contributed by atoms with Gasteiger partial charge in [0.05, 0.1) is 16.8 Å². The number of Topliss-reactive ketones (excluding diaryl/α,β-unsaturated/α-hetero) is 1. The van der Waals surface area contributed by atoms with E-state index in [-0.39, 0.29) is 22.9 Å². The molecule has 2 heterocycles. The lowest BCUT2D eigenvalue weighted by atomic mass is 9.99. The van der Waals surface area contributed by atoms with Crippen molar-refractivity contribution in [1.29, 1.82) is 0 Å². The highest BCUT2D eigenvalue weighted by Crippen LogP contribution is 2.37. The molecule has 4 aromatic rings. The third-order valence-electron chi connectivity index (χ3n) is 4.53. The second-order valence-corrected chi connectivity index (χ2v) is 6.04. The molecular formula is C20H11FN2O2. The number of carbonyl (C=O) groups excluding carboxylic acids is 1. The summed E-state index contributed by atoms with van der Waals surface area (Å²) in [4.78, 5) is 20.1. The van der Waals surface area contributed by atoms with Gasteiger partial charge in [-0.25, -0.2) is 9.38 Å². The van der Waals surface area contributed by atoms with Gasteiger partial charge < -0.3 is 10.1 Å². The zero-order chi connectivity index (χ0) is 17.1. The molecule has 0 atom stereocenters. The summed E-state index contributed by atoms with van der Waals surface area (Å²) in [5.41, 5.74) is 1.95. The molecule has 0 fully saturated rings. The van der Waals surface area contributed by atoms with E-state index in [0.29, 0.717) is 22.2 Å². The van der Waals surface area contributed by atoms with Crippen molar-refractivity contribution in [1.82, 2.24) is 4.98 Å². The number of fused-ring (bicyclic) bond motifs is 3. The minimum atomic E-state index is -0.443. The number of aromatic amines is 1. The Labute approximate surface area is 141 Å². The van der Waals surface area contributed by atoms with Crippen LogP contribution in [-0.2, 0) is 0 Å². The zero-order valence-corrected chi connectivity index (χ0v) is 12.9. The number of nitrogens with zero attached hydrogens (tertiary/aromatic N) is 1. The minimum Gasteiger partial charge on any atom is -0.494 e. The molecule has 0 amide bonds. The van der Waals surface area contributed by atoms with Crippen LogP contribution in [0.2, 0.25) is 0 Å². The van der Waals surface area contributed by atoms with Gasteiger partial charge in [-0.05, 0) is 41.1 Å². The maximum atomic E-state index is 13.6. The Hall–Kier alpha value is -3.47. The molecule has 5 heteroatoms. The van der Waals surface area contributed by atoms with Crippen molar-refractivity contribution in [3.63, 3.8) is 0 Å². The summed E-state index contributed by atoms with van der Waals surface area (Å²) in [5, 5.41) is 12.6. The van der Waals surface area contributed by atoms with Gasteiger partial charge in [0, 0.05) is 10.9 Å². The summed E-state index contributed by atoms with van der Waals surface area (Å²) >= 11 is 0. The van der Waals surface area contributed by atoms with Gasteiger partial charge in [0.15, 0.2) is 5.88 Å². The van der Waals surface area contributed by atoms with Gasteiger partial charge >= 0.3 is 0 Å². The fraction of sp³-hybridized carbons (Fsp3) is 0. The summed E-state index contributed by atoms with van der Waals surface area (Å²) < 4.78 is 13.6. The highest BCUT2D eigenvalue weighted by molar-refractivity contribution is 6.57. The predicted molar refractivity (Wildman–Crippen MR) is 94.4 cm³/mol. The maximum absolute atomic E-state index is 13.6. The van der Waals surface area contributed by atoms with E-state index < -0.39 is 5.82 Å². The molecule has 0 bridgehead atoms. The Morgan fingerprint density at radius 3 is 2.56 bits per heavy atom. The lowest BCUT2D eigenvalue weighted by Crippen LogP contribution is -2.10. The fourth-order valence-corrected chi connectivity index (χ4v) is 3.36. The number of aliphatic imine (C=N–C) groups is 1. The number of hydrogen-bond acceptors (Lipinski definition) is 3. The van der Waals surface area contributed by atoms with Crippen molar-refractivity contribution >= 4 is 38.9 Å². The molecule has 0 spiro atoms. The smallest absolute Gasteiger partial charge is 0.214 e. The normalized spacial score (nSPS) is 13.5. The second kappa shape index (κ2) is 4.77. The number of benzene rings is 3. The molecule has 0 radical (unpaired) electrons. The summed E-state index contributed by atoms with van der Waals surface area (Å²) in [6, 6.07) is 15.5. The molecule has 25 heavy (non-hydrogen) atoms. The molecule has 0 saturated carbocycles. The van der Waals surface area contributed by atoms with E-state index in [4.69, 9.17) is 0 Å². The second-order valence-electron chi connectivity index (χ2n) is 6.04. The first kappa shape index (κ1) is 13.9. The number of hydrogen-bond donors (Lipinski definition) is 2. The SMILES string of the molecule is O=C1C(c2c(O)[nH]c3ccc(F)cc23)=Nc2cc3ccccc3cc21. The molecule has 1 aromatic heterocycles. The van der Waals surface area contributed by atoms with E-state index in [1.54, 1.807) is 6.07 Å². The first-order valence-corrected chi connectivity index (χ1v) is 7.78. The van der Waals surface area contributed by atoms with Crippen LogP contribution in [0.25, 0.3) is 21.7 Å². The Morgan fingerprint density at radius 2 is 1.76 bits per heavy atom. The van der Waals surface area contributed by atoms with Crippen LogP contribution in [0.15, 0.2) is 59.6 Å². The van der Waals surface area contributed by atoms with Crippen LogP contribution in [0.3, 0.4) is 0 Å². The number of carbonyl (C=O) groups is 1. The standard InChI is InChI=1S/C20H11FN2O2/c21-12-5-6-15-13(9-12)17(20(25)23-15)18-19(24)14-7-10-3-1-2-4-11(10)8-16(14)22-18/h1-9,23,25H. The van der Waals surface area contributed by atoms with Gasteiger partial charge in [-0.15, -0.1) is 0 Å².